The van der Waals surface area contributed by atoms with Crippen LogP contribution in [-0.2, 0) is 18.4 Å². The molecule has 0 aromatic heterocycles. The largest absolute Gasteiger partial charge is 0.472 e. The number of quaternary nitrogens is 1. The van der Waals surface area contributed by atoms with Crippen LogP contribution in [0.5, 0.6) is 0 Å². The Morgan fingerprint density at radius 2 is 0.676 bits per heavy atom. The molecule has 0 aliphatic heterocycles. The van der Waals surface area contributed by atoms with Crippen LogP contribution in [0.15, 0.2) is 0 Å². The molecular weight excluding hydrogens is 900 g/mol. The summed E-state index contributed by atoms with van der Waals surface area (Å²) in [4.78, 5) is 23.3. The second kappa shape index (κ2) is 54.3. The number of hydrogen-bond acceptors (Lipinski definition) is 5. The SMILES string of the molecule is CCCCCCCCCCCCCCCCCCCCCCCCCCCCCCCCCCCCC(=O)NC(COP(=O)(O)OCC[N+](C)(C)C)C(O)CCCCCCCCCCCCCCCCC. The molecule has 0 aliphatic carbocycles. The Kier molecular flexibility index (Phi) is 53.9. The van der Waals surface area contributed by atoms with Crippen molar-refractivity contribution in [3.8, 4) is 0 Å². The van der Waals surface area contributed by atoms with Crippen LogP contribution >= 0.6 is 7.82 Å². The summed E-state index contributed by atoms with van der Waals surface area (Å²) in [6.45, 7) is 4.95. The molecule has 0 bridgehead atoms. The zero-order valence-corrected chi connectivity index (χ0v) is 49.7. The highest BCUT2D eigenvalue weighted by molar-refractivity contribution is 7.47. The number of aliphatic hydroxyl groups is 1. The summed E-state index contributed by atoms with van der Waals surface area (Å²) in [5.41, 5.74) is 0. The maximum atomic E-state index is 13.0. The number of likely N-dealkylation sites (N-methyl/N-ethyl adjacent to an activating group) is 1. The number of carbonyl (C=O) groups excluding carboxylic acids is 1. The van der Waals surface area contributed by atoms with E-state index in [-0.39, 0.29) is 19.1 Å². The summed E-state index contributed by atoms with van der Waals surface area (Å²) in [6, 6.07) is -0.755. The first-order chi connectivity index (χ1) is 34.5. The lowest BCUT2D eigenvalue weighted by atomic mass is 10.0. The third kappa shape index (κ3) is 57.1. The molecule has 426 valence electrons. The number of aliphatic hydroxyl groups excluding tert-OH is 1. The second-order valence-electron chi connectivity index (χ2n) is 23.5. The van der Waals surface area contributed by atoms with Crippen molar-refractivity contribution in [1.82, 2.24) is 5.32 Å². The number of carbonyl (C=O) groups is 1. The van der Waals surface area contributed by atoms with E-state index in [1.165, 1.54) is 276 Å². The predicted molar refractivity (Wildman–Crippen MR) is 309 cm³/mol. The van der Waals surface area contributed by atoms with Gasteiger partial charge in [0.25, 0.3) is 0 Å². The van der Waals surface area contributed by atoms with E-state index in [1.807, 2.05) is 21.1 Å². The first-order valence-electron chi connectivity index (χ1n) is 31.9. The van der Waals surface area contributed by atoms with E-state index in [0.29, 0.717) is 23.9 Å². The topological polar surface area (TPSA) is 105 Å². The van der Waals surface area contributed by atoms with Gasteiger partial charge in [0.2, 0.25) is 5.91 Å². The van der Waals surface area contributed by atoms with Gasteiger partial charge in [0.05, 0.1) is 39.9 Å². The van der Waals surface area contributed by atoms with Gasteiger partial charge in [-0.1, -0.05) is 322 Å². The van der Waals surface area contributed by atoms with Crippen LogP contribution in [0.1, 0.15) is 341 Å². The molecule has 1 amide bonds. The summed E-state index contributed by atoms with van der Waals surface area (Å²) in [5, 5.41) is 14.1. The Balaban J connectivity index is 3.90. The summed E-state index contributed by atoms with van der Waals surface area (Å²) < 4.78 is 23.8. The molecule has 3 unspecified atom stereocenters. The van der Waals surface area contributed by atoms with Crippen LogP contribution < -0.4 is 5.32 Å². The minimum absolute atomic E-state index is 0.0791. The molecule has 0 aromatic rings. The maximum absolute atomic E-state index is 13.0. The zero-order chi connectivity index (χ0) is 52.0. The molecule has 0 heterocycles. The smallest absolute Gasteiger partial charge is 0.391 e. The molecule has 0 aromatic carbocycles. The van der Waals surface area contributed by atoms with E-state index in [1.54, 1.807) is 0 Å². The van der Waals surface area contributed by atoms with E-state index >= 15 is 0 Å². The lowest BCUT2D eigenvalue weighted by Gasteiger charge is -2.26. The summed E-state index contributed by atoms with van der Waals surface area (Å²) in [5.74, 6) is -0.135. The van der Waals surface area contributed by atoms with Gasteiger partial charge >= 0.3 is 7.82 Å². The maximum Gasteiger partial charge on any atom is 0.472 e. The van der Waals surface area contributed by atoms with Crippen LogP contribution in [0.25, 0.3) is 0 Å². The number of nitrogens with one attached hydrogen (secondary N) is 1. The summed E-state index contributed by atoms with van der Waals surface area (Å²) in [6.07, 6.45) is 66.2. The van der Waals surface area contributed by atoms with Gasteiger partial charge in [-0.3, -0.25) is 13.8 Å². The van der Waals surface area contributed by atoms with Crippen LogP contribution in [0.3, 0.4) is 0 Å². The van der Waals surface area contributed by atoms with E-state index in [9.17, 15) is 19.4 Å². The average Bonchev–Trinajstić information content (AvgIpc) is 3.33. The van der Waals surface area contributed by atoms with Gasteiger partial charge in [-0.05, 0) is 12.8 Å². The van der Waals surface area contributed by atoms with Crippen molar-refractivity contribution >= 4 is 13.7 Å². The summed E-state index contributed by atoms with van der Waals surface area (Å²) >= 11 is 0. The third-order valence-corrected chi connectivity index (χ3v) is 16.1. The molecule has 0 saturated heterocycles. The zero-order valence-electron chi connectivity index (χ0n) is 48.8. The quantitative estimate of drug-likeness (QED) is 0.0318. The third-order valence-electron chi connectivity index (χ3n) is 15.1. The van der Waals surface area contributed by atoms with Crippen molar-refractivity contribution < 1.29 is 32.9 Å². The number of unbranched alkanes of at least 4 members (excludes halogenated alkanes) is 47. The van der Waals surface area contributed by atoms with Crippen molar-refractivity contribution in [2.75, 3.05) is 40.9 Å². The van der Waals surface area contributed by atoms with E-state index < -0.39 is 20.0 Å². The lowest BCUT2D eigenvalue weighted by molar-refractivity contribution is -0.870. The van der Waals surface area contributed by atoms with Crippen LogP contribution in [0.2, 0.25) is 0 Å². The normalized spacial score (nSPS) is 13.7. The average molecular weight is 1030 g/mol. The first kappa shape index (κ1) is 70.5. The molecule has 3 N–H and O–H groups in total. The van der Waals surface area contributed by atoms with Crippen molar-refractivity contribution in [1.29, 1.82) is 0 Å². The van der Waals surface area contributed by atoms with E-state index in [0.717, 1.165) is 38.5 Å². The van der Waals surface area contributed by atoms with Crippen LogP contribution in [0, 0.1) is 0 Å². The van der Waals surface area contributed by atoms with Gasteiger partial charge in [0.1, 0.15) is 13.2 Å². The fourth-order valence-corrected chi connectivity index (χ4v) is 10.8. The van der Waals surface area contributed by atoms with Crippen molar-refractivity contribution in [3.05, 3.63) is 0 Å². The monoisotopic (exact) mass is 1030 g/mol. The molecular formula is C62H128N2O6P+. The molecule has 0 fully saturated rings. The molecule has 0 aliphatic rings. The van der Waals surface area contributed by atoms with Gasteiger partial charge in [-0.15, -0.1) is 0 Å². The van der Waals surface area contributed by atoms with Gasteiger partial charge in [0.15, 0.2) is 0 Å². The Morgan fingerprint density at radius 1 is 0.423 bits per heavy atom. The van der Waals surface area contributed by atoms with E-state index in [4.69, 9.17) is 9.05 Å². The number of nitrogens with zero attached hydrogens (tertiary/aromatic N) is 1. The van der Waals surface area contributed by atoms with Gasteiger partial charge < -0.3 is 19.8 Å². The number of rotatable bonds is 60. The van der Waals surface area contributed by atoms with Crippen LogP contribution in [0.4, 0.5) is 0 Å². The fraction of sp³-hybridized carbons (Fsp3) is 0.984. The van der Waals surface area contributed by atoms with Crippen LogP contribution in [-0.4, -0.2) is 73.4 Å². The predicted octanol–water partition coefficient (Wildman–Crippen LogP) is 19.6. The molecule has 0 spiro atoms. The highest BCUT2D eigenvalue weighted by atomic mass is 31.2. The van der Waals surface area contributed by atoms with Crippen molar-refractivity contribution in [3.63, 3.8) is 0 Å². The molecule has 3 atom stereocenters. The number of amides is 1. The molecule has 0 rings (SSSR count). The molecule has 0 saturated carbocycles. The molecule has 0 radical (unpaired) electrons. The highest BCUT2D eigenvalue weighted by Gasteiger charge is 2.28. The van der Waals surface area contributed by atoms with Gasteiger partial charge in [-0.25, -0.2) is 4.57 Å². The molecule has 9 heteroatoms. The Labute approximate surface area is 444 Å². The Bertz CT molecular complexity index is 1120. The Morgan fingerprint density at radius 3 is 0.944 bits per heavy atom. The van der Waals surface area contributed by atoms with Crippen molar-refractivity contribution in [2.24, 2.45) is 0 Å². The fourth-order valence-electron chi connectivity index (χ4n) is 10.1. The summed E-state index contributed by atoms with van der Waals surface area (Å²) in [7, 11) is 1.64. The van der Waals surface area contributed by atoms with E-state index in [2.05, 4.69) is 19.2 Å². The second-order valence-corrected chi connectivity index (χ2v) is 25.0. The lowest BCUT2D eigenvalue weighted by Crippen LogP contribution is -2.46. The molecule has 8 nitrogen and oxygen atoms in total. The van der Waals surface area contributed by atoms with Crippen molar-refractivity contribution in [2.45, 2.75) is 353 Å². The highest BCUT2D eigenvalue weighted by Crippen LogP contribution is 2.43. The number of phosphoric ester groups is 1. The molecule has 71 heavy (non-hydrogen) atoms. The standard InChI is InChI=1S/C62H127N2O6P/c1-6-8-10-12-14-16-18-20-22-23-24-25-26-27-28-29-30-31-32-33-34-35-36-37-38-39-40-42-44-46-48-50-52-54-56-62(66)63-60(59-70-71(67,68)69-58-57-64(3,4)5)61(65)55-53-51-49-47-45-43-41-21-19-17-15-13-11-9-7-2/h60-61,65H,6-59H2,1-5H3,(H-,63,66,67,68)/p+1. The number of phosphoric acid groups is 1. The minimum atomic E-state index is -4.32. The first-order valence-corrected chi connectivity index (χ1v) is 33.4. The van der Waals surface area contributed by atoms with Gasteiger partial charge in [-0.2, -0.15) is 0 Å². The number of hydrogen-bond donors (Lipinski definition) is 3. The van der Waals surface area contributed by atoms with Gasteiger partial charge in [0, 0.05) is 6.42 Å². The minimum Gasteiger partial charge on any atom is -0.391 e. The Hall–Kier alpha value is -0.500.